The monoisotopic (exact) mass is 516 g/mol. The number of halogens is 1. The van der Waals surface area contributed by atoms with Crippen LogP contribution in [-0.2, 0) is 19.1 Å². The number of ketones is 1. The number of hydrogen-bond donors (Lipinski definition) is 1. The number of hydrogen-bond acceptors (Lipinski definition) is 6. The number of para-hydroxylation sites is 1. The highest BCUT2D eigenvalue weighted by Crippen LogP contribution is 2.47. The van der Waals surface area contributed by atoms with Crippen LogP contribution in [0.2, 0.25) is 0 Å². The van der Waals surface area contributed by atoms with E-state index >= 15 is 0 Å². The van der Waals surface area contributed by atoms with Crippen LogP contribution < -0.4 is 10.2 Å². The molecule has 1 heterocycles. The first kappa shape index (κ1) is 24.4. The molecule has 3 rings (SSSR count). The molecule has 8 nitrogen and oxygen atoms in total. The summed E-state index contributed by atoms with van der Waals surface area (Å²) in [5, 5.41) is 2.67. The second-order valence-corrected chi connectivity index (χ2v) is 9.41. The average molecular weight is 517 g/mol. The molecule has 33 heavy (non-hydrogen) atoms. The van der Waals surface area contributed by atoms with Crippen LogP contribution in [-0.4, -0.2) is 42.0 Å². The van der Waals surface area contributed by atoms with Crippen LogP contribution in [0.5, 0.6) is 0 Å². The molecular formula is C24H25BrN2O6. The Morgan fingerprint density at radius 3 is 2.24 bits per heavy atom. The van der Waals surface area contributed by atoms with Crippen molar-refractivity contribution in [3.05, 3.63) is 64.1 Å². The number of nitrogens with one attached hydrogen (secondary N) is 1. The van der Waals surface area contributed by atoms with Gasteiger partial charge in [0.05, 0.1) is 12.8 Å². The second kappa shape index (κ2) is 8.97. The topological polar surface area (TPSA) is 102 Å². The van der Waals surface area contributed by atoms with Gasteiger partial charge in [-0.3, -0.25) is 14.5 Å². The number of carbonyl (C=O) groups is 4. The lowest BCUT2D eigenvalue weighted by molar-refractivity contribution is -0.147. The van der Waals surface area contributed by atoms with Gasteiger partial charge >= 0.3 is 12.1 Å². The Balaban J connectivity index is 2.33. The molecule has 174 valence electrons. The largest absolute Gasteiger partial charge is 0.467 e. The molecule has 0 aromatic heterocycles. The SMILES string of the molecule is COC(=O)[C@@]1([C@@H](NC(=O)OC(C)(C)C)c2ccccc2Br)C(=O)c2ccccc2N1C(C)=O. The van der Waals surface area contributed by atoms with Gasteiger partial charge in [-0.1, -0.05) is 46.3 Å². The Labute approximate surface area is 200 Å². The maximum atomic E-state index is 13.9. The van der Waals surface area contributed by atoms with E-state index in [1.807, 2.05) is 0 Å². The molecule has 1 aliphatic rings. The molecule has 0 bridgehead atoms. The third kappa shape index (κ3) is 4.25. The number of carbonyl (C=O) groups excluding carboxylic acids is 4. The van der Waals surface area contributed by atoms with Crippen molar-refractivity contribution in [2.75, 3.05) is 12.0 Å². The summed E-state index contributed by atoms with van der Waals surface area (Å²) in [7, 11) is 1.13. The molecule has 0 saturated carbocycles. The van der Waals surface area contributed by atoms with Crippen molar-refractivity contribution in [2.45, 2.75) is 44.9 Å². The summed E-state index contributed by atoms with van der Waals surface area (Å²) < 4.78 is 11.0. The number of rotatable bonds is 4. The number of ether oxygens (including phenoxy) is 2. The predicted molar refractivity (Wildman–Crippen MR) is 125 cm³/mol. The highest BCUT2D eigenvalue weighted by molar-refractivity contribution is 9.10. The fourth-order valence-corrected chi connectivity index (χ4v) is 4.55. The zero-order chi connectivity index (χ0) is 24.6. The Morgan fingerprint density at radius 2 is 1.67 bits per heavy atom. The summed E-state index contributed by atoms with van der Waals surface area (Å²) >= 11 is 3.44. The number of Topliss-reactive ketones (excluding diaryl/α,β-unsaturated/α-hetero) is 1. The summed E-state index contributed by atoms with van der Waals surface area (Å²) in [6.45, 7) is 6.31. The predicted octanol–water partition coefficient (Wildman–Crippen LogP) is 4.18. The molecule has 0 aliphatic carbocycles. The van der Waals surface area contributed by atoms with Crippen LogP contribution in [0.3, 0.4) is 0 Å². The van der Waals surface area contributed by atoms with Gasteiger partial charge in [0.2, 0.25) is 17.2 Å². The highest BCUT2D eigenvalue weighted by atomic mass is 79.9. The number of amides is 2. The third-order valence-corrected chi connectivity index (χ3v) is 5.92. The van der Waals surface area contributed by atoms with Crippen molar-refractivity contribution in [1.29, 1.82) is 0 Å². The van der Waals surface area contributed by atoms with E-state index in [1.54, 1.807) is 63.2 Å². The normalized spacial score (nSPS) is 18.4. The summed E-state index contributed by atoms with van der Waals surface area (Å²) in [5.41, 5.74) is -2.26. The number of anilines is 1. The number of benzene rings is 2. The van der Waals surface area contributed by atoms with E-state index in [2.05, 4.69) is 21.2 Å². The van der Waals surface area contributed by atoms with Gasteiger partial charge in [-0.05, 0) is 44.5 Å². The molecule has 1 N–H and O–H groups in total. The lowest BCUT2D eigenvalue weighted by Crippen LogP contribution is -2.66. The number of nitrogens with zero attached hydrogens (tertiary/aromatic N) is 1. The molecule has 0 fully saturated rings. The molecular weight excluding hydrogens is 492 g/mol. The standard InChI is InChI=1S/C24H25BrN2O6/c1-14(28)27-18-13-9-7-11-16(18)20(29)24(27,21(30)32-5)19(15-10-6-8-12-17(15)25)26-22(31)33-23(2,3)4/h6-13,19H,1-5H3,(H,26,31)/t19-,24+/m0/s1. The number of esters is 1. The molecule has 2 amide bonds. The highest BCUT2D eigenvalue weighted by Gasteiger charge is 2.65. The summed E-state index contributed by atoms with van der Waals surface area (Å²) in [4.78, 5) is 54.3. The van der Waals surface area contributed by atoms with E-state index < -0.39 is 40.9 Å². The van der Waals surface area contributed by atoms with E-state index in [1.165, 1.54) is 13.0 Å². The molecule has 0 spiro atoms. The molecule has 9 heteroatoms. The van der Waals surface area contributed by atoms with Crippen LogP contribution in [0.15, 0.2) is 53.0 Å². The minimum Gasteiger partial charge on any atom is -0.467 e. The van der Waals surface area contributed by atoms with Crippen LogP contribution in [0.25, 0.3) is 0 Å². The first-order valence-electron chi connectivity index (χ1n) is 10.2. The maximum absolute atomic E-state index is 13.9. The minimum absolute atomic E-state index is 0.168. The van der Waals surface area contributed by atoms with E-state index in [-0.39, 0.29) is 11.3 Å². The fraction of sp³-hybridized carbons (Fsp3) is 0.333. The molecule has 1 aliphatic heterocycles. The molecule has 2 atom stereocenters. The minimum atomic E-state index is -2.23. The van der Waals surface area contributed by atoms with Gasteiger partial charge in [0.25, 0.3) is 0 Å². The van der Waals surface area contributed by atoms with Gasteiger partial charge in [-0.15, -0.1) is 0 Å². The van der Waals surface area contributed by atoms with Gasteiger partial charge in [0.1, 0.15) is 11.6 Å². The van der Waals surface area contributed by atoms with Crippen molar-refractivity contribution < 1.29 is 28.7 Å². The van der Waals surface area contributed by atoms with Crippen molar-refractivity contribution in [2.24, 2.45) is 0 Å². The van der Waals surface area contributed by atoms with Crippen molar-refractivity contribution in [3.63, 3.8) is 0 Å². The van der Waals surface area contributed by atoms with Crippen molar-refractivity contribution >= 4 is 45.4 Å². The van der Waals surface area contributed by atoms with Gasteiger partial charge < -0.3 is 14.8 Å². The summed E-state index contributed by atoms with van der Waals surface area (Å²) in [5.74, 6) is -2.23. The summed E-state index contributed by atoms with van der Waals surface area (Å²) in [6, 6.07) is 11.9. The van der Waals surface area contributed by atoms with Gasteiger partial charge in [0, 0.05) is 17.0 Å². The second-order valence-electron chi connectivity index (χ2n) is 8.56. The molecule has 0 radical (unpaired) electrons. The smallest absolute Gasteiger partial charge is 0.408 e. The fourth-order valence-electron chi connectivity index (χ4n) is 4.03. The van der Waals surface area contributed by atoms with E-state index in [9.17, 15) is 19.2 Å². The number of methoxy groups -OCH3 is 1. The first-order valence-corrected chi connectivity index (χ1v) is 11.0. The van der Waals surface area contributed by atoms with Crippen LogP contribution in [0.1, 0.15) is 49.7 Å². The first-order chi connectivity index (χ1) is 15.4. The summed E-state index contributed by atoms with van der Waals surface area (Å²) in [6.07, 6.45) is -0.862. The quantitative estimate of drug-likeness (QED) is 0.483. The molecule has 0 unspecified atom stereocenters. The Morgan fingerprint density at radius 1 is 1.06 bits per heavy atom. The van der Waals surface area contributed by atoms with Crippen LogP contribution >= 0.6 is 15.9 Å². The molecule has 2 aromatic carbocycles. The van der Waals surface area contributed by atoms with Gasteiger partial charge in [0.15, 0.2) is 0 Å². The van der Waals surface area contributed by atoms with E-state index in [4.69, 9.17) is 9.47 Å². The Hall–Kier alpha value is -3.20. The van der Waals surface area contributed by atoms with Crippen LogP contribution in [0, 0.1) is 0 Å². The van der Waals surface area contributed by atoms with Gasteiger partial charge in [-0.25, -0.2) is 9.59 Å². The van der Waals surface area contributed by atoms with E-state index in [0.29, 0.717) is 10.0 Å². The Bertz CT molecular complexity index is 1130. The zero-order valence-electron chi connectivity index (χ0n) is 19.0. The van der Waals surface area contributed by atoms with E-state index in [0.717, 1.165) is 12.0 Å². The van der Waals surface area contributed by atoms with Crippen LogP contribution in [0.4, 0.5) is 10.5 Å². The Kier molecular flexibility index (Phi) is 6.65. The van der Waals surface area contributed by atoms with Crippen molar-refractivity contribution in [3.8, 4) is 0 Å². The van der Waals surface area contributed by atoms with Gasteiger partial charge in [-0.2, -0.15) is 0 Å². The lowest BCUT2D eigenvalue weighted by Gasteiger charge is -2.40. The number of fused-ring (bicyclic) bond motifs is 1. The number of alkyl carbamates (subject to hydrolysis) is 1. The maximum Gasteiger partial charge on any atom is 0.408 e. The van der Waals surface area contributed by atoms with Crippen molar-refractivity contribution in [1.82, 2.24) is 5.32 Å². The molecule has 2 aromatic rings. The lowest BCUT2D eigenvalue weighted by atomic mass is 9.80. The zero-order valence-corrected chi connectivity index (χ0v) is 20.6. The third-order valence-electron chi connectivity index (χ3n) is 5.20. The molecule has 0 saturated heterocycles. The average Bonchev–Trinajstić information content (AvgIpc) is 3.00.